The summed E-state index contributed by atoms with van der Waals surface area (Å²) in [6, 6.07) is 0. The van der Waals surface area contributed by atoms with Crippen molar-refractivity contribution < 1.29 is 10.2 Å². The predicted molar refractivity (Wildman–Crippen MR) is 48.7 cm³/mol. The van der Waals surface area contributed by atoms with Crippen LogP contribution < -0.4 is 0 Å². The van der Waals surface area contributed by atoms with Gasteiger partial charge in [-0.2, -0.15) is 0 Å². The summed E-state index contributed by atoms with van der Waals surface area (Å²) in [6.45, 7) is 4.22. The van der Waals surface area contributed by atoms with Crippen LogP contribution in [0.15, 0.2) is 11.6 Å². The van der Waals surface area contributed by atoms with Gasteiger partial charge < -0.3 is 10.2 Å². The third kappa shape index (κ3) is 2.08. The Kier molecular flexibility index (Phi) is 3.29. The number of aliphatic hydroxyl groups excluding tert-OH is 2. The fourth-order valence-corrected chi connectivity index (χ4v) is 1.66. The highest BCUT2D eigenvalue weighted by molar-refractivity contribution is 5.09. The van der Waals surface area contributed by atoms with Crippen LogP contribution in [0.25, 0.3) is 0 Å². The van der Waals surface area contributed by atoms with Crippen LogP contribution in [-0.4, -0.2) is 22.9 Å². The van der Waals surface area contributed by atoms with Crippen LogP contribution >= 0.6 is 0 Å². The molecule has 12 heavy (non-hydrogen) atoms. The normalized spacial score (nSPS) is 32.8. The van der Waals surface area contributed by atoms with E-state index in [0.29, 0.717) is 11.8 Å². The van der Waals surface area contributed by atoms with Crippen LogP contribution in [-0.2, 0) is 0 Å². The van der Waals surface area contributed by atoms with Gasteiger partial charge in [-0.3, -0.25) is 0 Å². The van der Waals surface area contributed by atoms with Crippen LogP contribution in [0.1, 0.15) is 26.7 Å². The summed E-state index contributed by atoms with van der Waals surface area (Å²) in [5, 5.41) is 18.5. The molecule has 0 bridgehead atoms. The molecule has 0 aromatic rings. The zero-order valence-corrected chi connectivity index (χ0v) is 7.83. The molecule has 0 aromatic heterocycles. The predicted octanol–water partition coefficient (Wildman–Crippen LogP) is 1.33. The summed E-state index contributed by atoms with van der Waals surface area (Å²) in [5.41, 5.74) is 1.08. The Morgan fingerprint density at radius 1 is 1.67 bits per heavy atom. The van der Waals surface area contributed by atoms with Gasteiger partial charge in [0, 0.05) is 6.61 Å². The molecule has 0 spiro atoms. The van der Waals surface area contributed by atoms with Crippen molar-refractivity contribution in [3.63, 3.8) is 0 Å². The lowest BCUT2D eigenvalue weighted by Gasteiger charge is -2.28. The molecule has 2 heteroatoms. The van der Waals surface area contributed by atoms with Gasteiger partial charge in [-0.1, -0.05) is 13.0 Å². The number of allylic oxidation sites excluding steroid dienone is 1. The zero-order chi connectivity index (χ0) is 9.14. The molecule has 70 valence electrons. The van der Waals surface area contributed by atoms with Gasteiger partial charge in [0.15, 0.2) is 0 Å². The molecule has 0 aliphatic heterocycles. The lowest BCUT2D eigenvalue weighted by atomic mass is 9.81. The van der Waals surface area contributed by atoms with Gasteiger partial charge in [0.2, 0.25) is 0 Å². The molecular formula is C10H18O2. The van der Waals surface area contributed by atoms with E-state index >= 15 is 0 Å². The SMILES string of the molecule is CC1=CCC(C(C)CO)CC1O. The summed E-state index contributed by atoms with van der Waals surface area (Å²) in [4.78, 5) is 0. The van der Waals surface area contributed by atoms with Crippen molar-refractivity contribution >= 4 is 0 Å². The van der Waals surface area contributed by atoms with Gasteiger partial charge in [0.05, 0.1) is 6.10 Å². The second-order valence-corrected chi connectivity index (χ2v) is 3.86. The lowest BCUT2D eigenvalue weighted by molar-refractivity contribution is 0.118. The summed E-state index contributed by atoms with van der Waals surface area (Å²) in [5.74, 6) is 0.762. The van der Waals surface area contributed by atoms with E-state index in [1.54, 1.807) is 0 Å². The van der Waals surface area contributed by atoms with Crippen molar-refractivity contribution in [1.82, 2.24) is 0 Å². The van der Waals surface area contributed by atoms with Crippen molar-refractivity contribution in [3.05, 3.63) is 11.6 Å². The molecule has 0 amide bonds. The highest BCUT2D eigenvalue weighted by atomic mass is 16.3. The molecule has 2 N–H and O–H groups in total. The number of hydrogen-bond acceptors (Lipinski definition) is 2. The van der Waals surface area contributed by atoms with E-state index in [-0.39, 0.29) is 12.7 Å². The third-order valence-electron chi connectivity index (χ3n) is 2.89. The first-order chi connectivity index (χ1) is 5.65. The Hall–Kier alpha value is -0.340. The van der Waals surface area contributed by atoms with Crippen LogP contribution in [0, 0.1) is 11.8 Å². The van der Waals surface area contributed by atoms with E-state index in [2.05, 4.69) is 6.08 Å². The second-order valence-electron chi connectivity index (χ2n) is 3.86. The molecule has 3 unspecified atom stereocenters. The van der Waals surface area contributed by atoms with Crippen LogP contribution in [0.2, 0.25) is 0 Å². The quantitative estimate of drug-likeness (QED) is 0.614. The van der Waals surface area contributed by atoms with Gasteiger partial charge in [-0.25, -0.2) is 0 Å². The molecule has 0 radical (unpaired) electrons. The molecular weight excluding hydrogens is 152 g/mol. The molecule has 1 rings (SSSR count). The van der Waals surface area contributed by atoms with Crippen molar-refractivity contribution in [2.24, 2.45) is 11.8 Å². The second kappa shape index (κ2) is 4.06. The summed E-state index contributed by atoms with van der Waals surface area (Å²) < 4.78 is 0. The summed E-state index contributed by atoms with van der Waals surface area (Å²) >= 11 is 0. The highest BCUT2D eigenvalue weighted by Gasteiger charge is 2.23. The van der Waals surface area contributed by atoms with E-state index in [1.165, 1.54) is 0 Å². The van der Waals surface area contributed by atoms with E-state index in [4.69, 9.17) is 5.11 Å². The minimum atomic E-state index is -0.280. The molecule has 0 heterocycles. The molecule has 1 aliphatic rings. The monoisotopic (exact) mass is 170 g/mol. The molecule has 3 atom stereocenters. The Morgan fingerprint density at radius 3 is 2.83 bits per heavy atom. The summed E-state index contributed by atoms with van der Waals surface area (Å²) in [7, 11) is 0. The number of hydrogen-bond donors (Lipinski definition) is 2. The first-order valence-corrected chi connectivity index (χ1v) is 4.60. The van der Waals surface area contributed by atoms with Crippen LogP contribution in [0.5, 0.6) is 0 Å². The average Bonchev–Trinajstić information content (AvgIpc) is 2.08. The van der Waals surface area contributed by atoms with Gasteiger partial charge in [0.1, 0.15) is 0 Å². The van der Waals surface area contributed by atoms with Crippen molar-refractivity contribution in [2.45, 2.75) is 32.8 Å². The molecule has 0 saturated heterocycles. The third-order valence-corrected chi connectivity index (χ3v) is 2.89. The van der Waals surface area contributed by atoms with Gasteiger partial charge in [0.25, 0.3) is 0 Å². The van der Waals surface area contributed by atoms with Crippen molar-refractivity contribution in [2.75, 3.05) is 6.61 Å². The topological polar surface area (TPSA) is 40.5 Å². The van der Waals surface area contributed by atoms with E-state index < -0.39 is 0 Å². The minimum absolute atomic E-state index is 0.226. The zero-order valence-electron chi connectivity index (χ0n) is 7.83. The van der Waals surface area contributed by atoms with Crippen molar-refractivity contribution in [1.29, 1.82) is 0 Å². The first-order valence-electron chi connectivity index (χ1n) is 4.60. The Morgan fingerprint density at radius 2 is 2.33 bits per heavy atom. The molecule has 0 aromatic carbocycles. The smallest absolute Gasteiger partial charge is 0.0750 e. The Labute approximate surface area is 73.9 Å². The Balaban J connectivity index is 2.52. The van der Waals surface area contributed by atoms with Gasteiger partial charge in [-0.15, -0.1) is 0 Å². The maximum atomic E-state index is 9.54. The molecule has 2 nitrogen and oxygen atoms in total. The molecule has 0 saturated carbocycles. The number of aliphatic hydroxyl groups is 2. The largest absolute Gasteiger partial charge is 0.396 e. The van der Waals surface area contributed by atoms with Crippen LogP contribution in [0.3, 0.4) is 0 Å². The Bertz CT molecular complexity index is 175. The first kappa shape index (κ1) is 9.75. The van der Waals surface area contributed by atoms with Gasteiger partial charge in [-0.05, 0) is 37.2 Å². The molecule has 0 fully saturated rings. The average molecular weight is 170 g/mol. The standard InChI is InChI=1S/C10H18O2/c1-7-3-4-9(5-10(7)12)8(2)6-11/h3,8-12H,4-6H2,1-2H3. The fourth-order valence-electron chi connectivity index (χ4n) is 1.66. The van der Waals surface area contributed by atoms with Gasteiger partial charge >= 0.3 is 0 Å². The van der Waals surface area contributed by atoms with E-state index in [1.807, 2.05) is 13.8 Å². The minimum Gasteiger partial charge on any atom is -0.396 e. The molecule has 1 aliphatic carbocycles. The van der Waals surface area contributed by atoms with Crippen molar-refractivity contribution in [3.8, 4) is 0 Å². The van der Waals surface area contributed by atoms with E-state index in [0.717, 1.165) is 18.4 Å². The van der Waals surface area contributed by atoms with Crippen LogP contribution in [0.4, 0.5) is 0 Å². The fraction of sp³-hybridized carbons (Fsp3) is 0.800. The summed E-state index contributed by atoms with van der Waals surface area (Å²) in [6.07, 6.45) is 3.62. The number of rotatable bonds is 2. The maximum absolute atomic E-state index is 9.54. The van der Waals surface area contributed by atoms with E-state index in [9.17, 15) is 5.11 Å². The highest BCUT2D eigenvalue weighted by Crippen LogP contribution is 2.29. The maximum Gasteiger partial charge on any atom is 0.0750 e. The lowest BCUT2D eigenvalue weighted by Crippen LogP contribution is -2.25.